The third-order valence-electron chi connectivity index (χ3n) is 3.34. The van der Waals surface area contributed by atoms with E-state index in [1.807, 2.05) is 31.2 Å². The fourth-order valence-corrected chi connectivity index (χ4v) is 3.01. The Morgan fingerprint density at radius 1 is 1.21 bits per heavy atom. The van der Waals surface area contributed by atoms with Crippen molar-refractivity contribution >= 4 is 40.6 Å². The summed E-state index contributed by atoms with van der Waals surface area (Å²) in [6, 6.07) is 14.1. The third kappa shape index (κ3) is 3.72. The number of carbonyl (C=O) groups excluding carboxylic acids is 1. The number of amides is 1. The number of amidine groups is 1. The summed E-state index contributed by atoms with van der Waals surface area (Å²) < 4.78 is 0. The van der Waals surface area contributed by atoms with E-state index in [4.69, 9.17) is 5.11 Å². The number of hydrogen-bond acceptors (Lipinski definition) is 4. The van der Waals surface area contributed by atoms with Crippen LogP contribution in [0.2, 0.25) is 0 Å². The van der Waals surface area contributed by atoms with Gasteiger partial charge in [0, 0.05) is 0 Å². The molecule has 0 radical (unpaired) electrons. The second-order valence-electron chi connectivity index (χ2n) is 5.25. The maximum atomic E-state index is 12.0. The Labute approximate surface area is 143 Å². The summed E-state index contributed by atoms with van der Waals surface area (Å²) in [6.07, 6.45) is 1.71. The summed E-state index contributed by atoms with van der Waals surface area (Å²) in [5.41, 5.74) is 2.85. The highest BCUT2D eigenvalue weighted by Crippen LogP contribution is 2.28. The summed E-state index contributed by atoms with van der Waals surface area (Å²) in [5.74, 6) is -1.19. The fourth-order valence-electron chi connectivity index (χ4n) is 2.17. The third-order valence-corrected chi connectivity index (χ3v) is 4.25. The van der Waals surface area contributed by atoms with Gasteiger partial charge in [0.15, 0.2) is 5.17 Å². The van der Waals surface area contributed by atoms with Gasteiger partial charge in [-0.2, -0.15) is 0 Å². The number of carbonyl (C=O) groups is 2. The van der Waals surface area contributed by atoms with Gasteiger partial charge >= 0.3 is 5.97 Å². The monoisotopic (exact) mass is 338 g/mol. The minimum atomic E-state index is -0.977. The number of aromatic carboxylic acids is 1. The first kappa shape index (κ1) is 16.0. The molecule has 0 bridgehead atoms. The van der Waals surface area contributed by atoms with Gasteiger partial charge in [0.1, 0.15) is 0 Å². The van der Waals surface area contributed by atoms with Crippen LogP contribution in [0, 0.1) is 6.92 Å². The molecule has 0 atom stereocenters. The Morgan fingerprint density at radius 3 is 2.62 bits per heavy atom. The SMILES string of the molecule is Cc1cccc(N=C2NC(=O)/C(=C\c3ccc(C(=O)O)cc3)S2)c1. The standard InChI is InChI=1S/C18H14N2O3S/c1-11-3-2-4-14(9-11)19-18-20-16(21)15(24-18)10-12-5-7-13(8-6-12)17(22)23/h2-10H,1H3,(H,22,23)(H,19,20,21)/b15-10+. The molecule has 1 aliphatic rings. The minimum Gasteiger partial charge on any atom is -0.478 e. The van der Waals surface area contributed by atoms with Crippen LogP contribution in [0.3, 0.4) is 0 Å². The zero-order valence-corrected chi connectivity index (χ0v) is 13.6. The number of carboxylic acids is 1. The molecule has 24 heavy (non-hydrogen) atoms. The number of benzene rings is 2. The van der Waals surface area contributed by atoms with Crippen LogP contribution < -0.4 is 5.32 Å². The lowest BCUT2D eigenvalue weighted by molar-refractivity contribution is -0.115. The molecule has 1 heterocycles. The van der Waals surface area contributed by atoms with Crippen molar-refractivity contribution in [1.82, 2.24) is 5.32 Å². The molecule has 1 fully saturated rings. The van der Waals surface area contributed by atoms with Gasteiger partial charge in [-0.1, -0.05) is 24.3 Å². The van der Waals surface area contributed by atoms with Crippen molar-refractivity contribution < 1.29 is 14.7 Å². The van der Waals surface area contributed by atoms with E-state index in [0.29, 0.717) is 10.1 Å². The number of nitrogens with zero attached hydrogens (tertiary/aromatic N) is 1. The first-order valence-corrected chi connectivity index (χ1v) is 8.02. The van der Waals surface area contributed by atoms with Crippen LogP contribution in [0.25, 0.3) is 6.08 Å². The Kier molecular flexibility index (Phi) is 4.48. The molecule has 3 rings (SSSR count). The van der Waals surface area contributed by atoms with E-state index < -0.39 is 5.97 Å². The van der Waals surface area contributed by atoms with Gasteiger partial charge in [0.05, 0.1) is 16.2 Å². The number of nitrogens with one attached hydrogen (secondary N) is 1. The maximum Gasteiger partial charge on any atom is 0.335 e. The predicted octanol–water partition coefficient (Wildman–Crippen LogP) is 3.58. The van der Waals surface area contributed by atoms with Crippen LogP contribution in [0.5, 0.6) is 0 Å². The molecule has 6 heteroatoms. The van der Waals surface area contributed by atoms with E-state index in [2.05, 4.69) is 10.3 Å². The minimum absolute atomic E-state index is 0.211. The van der Waals surface area contributed by atoms with Gasteiger partial charge < -0.3 is 10.4 Å². The van der Waals surface area contributed by atoms with Gasteiger partial charge in [-0.05, 0) is 60.2 Å². The van der Waals surface area contributed by atoms with Crippen LogP contribution in [0.1, 0.15) is 21.5 Å². The maximum absolute atomic E-state index is 12.0. The van der Waals surface area contributed by atoms with E-state index in [0.717, 1.165) is 16.8 Å². The van der Waals surface area contributed by atoms with E-state index in [1.165, 1.54) is 23.9 Å². The molecule has 1 amide bonds. The Hall–Kier alpha value is -2.86. The quantitative estimate of drug-likeness (QED) is 0.838. The van der Waals surface area contributed by atoms with Crippen LogP contribution in [0.4, 0.5) is 5.69 Å². The normalized spacial score (nSPS) is 17.3. The number of thioether (sulfide) groups is 1. The first-order chi connectivity index (χ1) is 11.5. The number of aryl methyl sites for hydroxylation is 1. The Balaban J connectivity index is 1.80. The highest BCUT2D eigenvalue weighted by Gasteiger charge is 2.23. The van der Waals surface area contributed by atoms with Crippen molar-refractivity contribution in [3.63, 3.8) is 0 Å². The molecular formula is C18H14N2O3S. The van der Waals surface area contributed by atoms with Crippen molar-refractivity contribution in [2.75, 3.05) is 0 Å². The Morgan fingerprint density at radius 2 is 1.96 bits per heavy atom. The second kappa shape index (κ2) is 6.72. The topological polar surface area (TPSA) is 78.8 Å². The van der Waals surface area contributed by atoms with Gasteiger partial charge in [0.2, 0.25) is 0 Å². The van der Waals surface area contributed by atoms with Crippen molar-refractivity contribution in [2.24, 2.45) is 4.99 Å². The molecule has 0 unspecified atom stereocenters. The molecule has 0 spiro atoms. The average molecular weight is 338 g/mol. The van der Waals surface area contributed by atoms with E-state index in [1.54, 1.807) is 18.2 Å². The lowest BCUT2D eigenvalue weighted by atomic mass is 10.1. The molecule has 5 nitrogen and oxygen atoms in total. The summed E-state index contributed by atoms with van der Waals surface area (Å²) in [6.45, 7) is 1.98. The number of aliphatic imine (C=N–C) groups is 1. The van der Waals surface area contributed by atoms with Gasteiger partial charge in [-0.25, -0.2) is 9.79 Å². The molecule has 120 valence electrons. The highest BCUT2D eigenvalue weighted by atomic mass is 32.2. The summed E-state index contributed by atoms with van der Waals surface area (Å²) in [4.78, 5) is 27.8. The fraction of sp³-hybridized carbons (Fsp3) is 0.0556. The molecular weight excluding hydrogens is 324 g/mol. The summed E-state index contributed by atoms with van der Waals surface area (Å²) in [5, 5.41) is 12.2. The van der Waals surface area contributed by atoms with E-state index in [-0.39, 0.29) is 11.5 Å². The van der Waals surface area contributed by atoms with Crippen LogP contribution in [-0.2, 0) is 4.79 Å². The van der Waals surface area contributed by atoms with Crippen LogP contribution in [0.15, 0.2) is 58.4 Å². The molecule has 0 aliphatic carbocycles. The molecule has 2 aromatic carbocycles. The zero-order valence-electron chi connectivity index (χ0n) is 12.8. The predicted molar refractivity (Wildman–Crippen MR) is 95.4 cm³/mol. The molecule has 0 saturated carbocycles. The number of carboxylic acid groups (broad SMARTS) is 1. The van der Waals surface area contributed by atoms with Crippen molar-refractivity contribution in [1.29, 1.82) is 0 Å². The zero-order chi connectivity index (χ0) is 17.1. The lowest BCUT2D eigenvalue weighted by Gasteiger charge is -1.97. The molecule has 2 aromatic rings. The van der Waals surface area contributed by atoms with Crippen molar-refractivity contribution in [2.45, 2.75) is 6.92 Å². The van der Waals surface area contributed by atoms with Gasteiger partial charge in [-0.15, -0.1) is 0 Å². The van der Waals surface area contributed by atoms with Crippen molar-refractivity contribution in [3.8, 4) is 0 Å². The molecule has 0 aromatic heterocycles. The van der Waals surface area contributed by atoms with Crippen LogP contribution >= 0.6 is 11.8 Å². The van der Waals surface area contributed by atoms with E-state index in [9.17, 15) is 9.59 Å². The Bertz CT molecular complexity index is 870. The summed E-state index contributed by atoms with van der Waals surface area (Å²) >= 11 is 1.26. The van der Waals surface area contributed by atoms with Crippen molar-refractivity contribution in [3.05, 3.63) is 70.1 Å². The van der Waals surface area contributed by atoms with Gasteiger partial charge in [-0.3, -0.25) is 4.79 Å². The highest BCUT2D eigenvalue weighted by molar-refractivity contribution is 8.18. The average Bonchev–Trinajstić information content (AvgIpc) is 2.87. The second-order valence-corrected chi connectivity index (χ2v) is 6.28. The lowest BCUT2D eigenvalue weighted by Crippen LogP contribution is -2.19. The molecule has 1 aliphatic heterocycles. The number of hydrogen-bond donors (Lipinski definition) is 2. The molecule has 1 saturated heterocycles. The smallest absolute Gasteiger partial charge is 0.335 e. The first-order valence-electron chi connectivity index (χ1n) is 7.21. The number of rotatable bonds is 3. The summed E-state index contributed by atoms with van der Waals surface area (Å²) in [7, 11) is 0. The van der Waals surface area contributed by atoms with Crippen LogP contribution in [-0.4, -0.2) is 22.2 Å². The van der Waals surface area contributed by atoms with E-state index >= 15 is 0 Å². The largest absolute Gasteiger partial charge is 0.478 e. The molecule has 2 N–H and O–H groups in total. The van der Waals surface area contributed by atoms with Gasteiger partial charge in [0.25, 0.3) is 5.91 Å².